The molecule has 0 saturated carbocycles. The molecule has 3 N–H and O–H groups in total. The first kappa shape index (κ1) is 5.92. The zero-order valence-corrected chi connectivity index (χ0v) is 4.07. The summed E-state index contributed by atoms with van der Waals surface area (Å²) in [4.78, 5) is 0. The molecule has 0 amide bonds. The fourth-order valence-electron chi connectivity index (χ4n) is 0.167. The minimum absolute atomic E-state index is 0.0370. The van der Waals surface area contributed by atoms with Crippen molar-refractivity contribution in [2.45, 2.75) is 19.4 Å². The zero-order chi connectivity index (χ0) is 4.99. The molecule has 0 bridgehead atoms. The van der Waals surface area contributed by atoms with Crippen LogP contribution in [0.15, 0.2) is 0 Å². The standard InChI is InChI=1S/C4H11N2/c1-2-4(6)3-5/h4,6H,2-3,5H2,1H3. The molecule has 0 aromatic carbocycles. The van der Waals surface area contributed by atoms with Crippen molar-refractivity contribution < 1.29 is 0 Å². The van der Waals surface area contributed by atoms with E-state index in [0.29, 0.717) is 6.54 Å². The second-order valence-corrected chi connectivity index (χ2v) is 1.34. The molecule has 0 aliphatic rings. The zero-order valence-electron chi connectivity index (χ0n) is 4.07. The lowest BCUT2D eigenvalue weighted by molar-refractivity contribution is 0.641. The highest BCUT2D eigenvalue weighted by atomic mass is 14.7. The van der Waals surface area contributed by atoms with Gasteiger partial charge in [-0.1, -0.05) is 6.92 Å². The first-order valence-electron chi connectivity index (χ1n) is 2.22. The summed E-state index contributed by atoms with van der Waals surface area (Å²) in [5.41, 5.74) is 12.0. The highest BCUT2D eigenvalue weighted by Crippen LogP contribution is 1.80. The Bertz CT molecular complexity index is 24.7. The van der Waals surface area contributed by atoms with Gasteiger partial charge in [0.05, 0.1) is 0 Å². The summed E-state index contributed by atoms with van der Waals surface area (Å²) < 4.78 is 0. The van der Waals surface area contributed by atoms with Crippen molar-refractivity contribution in [2.75, 3.05) is 6.54 Å². The van der Waals surface area contributed by atoms with E-state index in [4.69, 9.17) is 11.5 Å². The molecular formula is C4H11N2. The SMILES string of the molecule is CCC([NH])CN. The number of rotatable bonds is 2. The molecule has 2 heteroatoms. The molecule has 0 saturated heterocycles. The highest BCUT2D eigenvalue weighted by molar-refractivity contribution is 4.54. The van der Waals surface area contributed by atoms with E-state index in [-0.39, 0.29) is 6.04 Å². The molecular weight excluding hydrogens is 76.1 g/mol. The topological polar surface area (TPSA) is 49.8 Å². The predicted octanol–water partition coefficient (Wildman–Crippen LogP) is 0.00660. The first-order valence-corrected chi connectivity index (χ1v) is 2.22. The Balaban J connectivity index is 2.75. The summed E-state index contributed by atoms with van der Waals surface area (Å²) in [6.45, 7) is 2.46. The summed E-state index contributed by atoms with van der Waals surface area (Å²) in [6.07, 6.45) is 0.872. The third kappa shape index (κ3) is 2.18. The van der Waals surface area contributed by atoms with Crippen LogP contribution in [0.3, 0.4) is 0 Å². The average Bonchev–Trinajstić information content (AvgIpc) is 1.65. The van der Waals surface area contributed by atoms with Gasteiger partial charge in [-0.3, -0.25) is 5.73 Å². The normalized spacial score (nSPS) is 14.5. The van der Waals surface area contributed by atoms with Crippen LogP contribution >= 0.6 is 0 Å². The van der Waals surface area contributed by atoms with Gasteiger partial charge in [-0.15, -0.1) is 0 Å². The molecule has 0 heterocycles. The molecule has 1 atom stereocenters. The van der Waals surface area contributed by atoms with Crippen molar-refractivity contribution in [2.24, 2.45) is 5.73 Å². The maximum Gasteiger partial charge on any atom is 0.0332 e. The molecule has 0 aliphatic heterocycles. The van der Waals surface area contributed by atoms with Crippen molar-refractivity contribution in [3.05, 3.63) is 0 Å². The summed E-state index contributed by atoms with van der Waals surface area (Å²) >= 11 is 0. The van der Waals surface area contributed by atoms with E-state index in [2.05, 4.69) is 0 Å². The molecule has 0 spiro atoms. The minimum atomic E-state index is -0.0370. The molecule has 0 rings (SSSR count). The van der Waals surface area contributed by atoms with Crippen LogP contribution in [0.5, 0.6) is 0 Å². The van der Waals surface area contributed by atoms with Crippen LogP contribution in [-0.4, -0.2) is 12.6 Å². The van der Waals surface area contributed by atoms with Crippen molar-refractivity contribution in [1.82, 2.24) is 5.73 Å². The quantitative estimate of drug-likeness (QED) is 0.506. The Morgan fingerprint density at radius 1 is 1.83 bits per heavy atom. The number of nitrogens with one attached hydrogen (secondary N) is 1. The minimum Gasteiger partial charge on any atom is -0.329 e. The van der Waals surface area contributed by atoms with E-state index >= 15 is 0 Å². The van der Waals surface area contributed by atoms with Gasteiger partial charge in [-0.2, -0.15) is 0 Å². The van der Waals surface area contributed by atoms with Crippen LogP contribution in [0.4, 0.5) is 0 Å². The van der Waals surface area contributed by atoms with Gasteiger partial charge in [0.25, 0.3) is 0 Å². The van der Waals surface area contributed by atoms with Crippen LogP contribution in [-0.2, 0) is 0 Å². The lowest BCUT2D eigenvalue weighted by Gasteiger charge is -1.98. The number of nitrogens with two attached hydrogens (primary N) is 1. The van der Waals surface area contributed by atoms with Gasteiger partial charge < -0.3 is 5.73 Å². The Morgan fingerprint density at radius 2 is 2.33 bits per heavy atom. The molecule has 1 radical (unpaired) electrons. The largest absolute Gasteiger partial charge is 0.329 e. The highest BCUT2D eigenvalue weighted by Gasteiger charge is 1.90. The van der Waals surface area contributed by atoms with Gasteiger partial charge in [0.15, 0.2) is 0 Å². The monoisotopic (exact) mass is 87.1 g/mol. The summed E-state index contributed by atoms with van der Waals surface area (Å²) in [6, 6.07) is -0.0370. The molecule has 0 aromatic rings. The molecule has 0 fully saturated rings. The maximum atomic E-state index is 6.94. The molecule has 1 unspecified atom stereocenters. The molecule has 2 nitrogen and oxygen atoms in total. The molecule has 37 valence electrons. The maximum absolute atomic E-state index is 6.94. The van der Waals surface area contributed by atoms with Gasteiger partial charge in [0.1, 0.15) is 0 Å². The van der Waals surface area contributed by atoms with Crippen molar-refractivity contribution in [3.8, 4) is 0 Å². The molecule has 6 heavy (non-hydrogen) atoms. The van der Waals surface area contributed by atoms with Crippen LogP contribution in [0.1, 0.15) is 13.3 Å². The van der Waals surface area contributed by atoms with E-state index in [1.807, 2.05) is 6.92 Å². The predicted molar refractivity (Wildman–Crippen MR) is 26.2 cm³/mol. The fourth-order valence-corrected chi connectivity index (χ4v) is 0.167. The van der Waals surface area contributed by atoms with Crippen LogP contribution < -0.4 is 11.5 Å². The second-order valence-electron chi connectivity index (χ2n) is 1.34. The van der Waals surface area contributed by atoms with Gasteiger partial charge in [0.2, 0.25) is 0 Å². The van der Waals surface area contributed by atoms with Gasteiger partial charge in [-0.25, -0.2) is 0 Å². The Morgan fingerprint density at radius 3 is 2.33 bits per heavy atom. The van der Waals surface area contributed by atoms with E-state index in [9.17, 15) is 0 Å². The Hall–Kier alpha value is -0.0800. The summed E-state index contributed by atoms with van der Waals surface area (Å²) in [5, 5.41) is 0. The van der Waals surface area contributed by atoms with Crippen LogP contribution in [0.2, 0.25) is 0 Å². The smallest absolute Gasteiger partial charge is 0.0332 e. The van der Waals surface area contributed by atoms with Crippen molar-refractivity contribution in [3.63, 3.8) is 0 Å². The molecule has 0 aliphatic carbocycles. The van der Waals surface area contributed by atoms with Crippen molar-refractivity contribution in [1.29, 1.82) is 0 Å². The van der Waals surface area contributed by atoms with Crippen LogP contribution in [0, 0.1) is 0 Å². The van der Waals surface area contributed by atoms with Crippen LogP contribution in [0.25, 0.3) is 0 Å². The van der Waals surface area contributed by atoms with Gasteiger partial charge in [0, 0.05) is 12.6 Å². The average molecular weight is 87.1 g/mol. The fraction of sp³-hybridized carbons (Fsp3) is 1.00. The van der Waals surface area contributed by atoms with E-state index in [0.717, 1.165) is 6.42 Å². The van der Waals surface area contributed by atoms with E-state index in [1.165, 1.54) is 0 Å². The number of hydrogen-bond acceptors (Lipinski definition) is 1. The third-order valence-electron chi connectivity index (χ3n) is 0.777. The van der Waals surface area contributed by atoms with Gasteiger partial charge >= 0.3 is 0 Å². The lowest BCUT2D eigenvalue weighted by Crippen LogP contribution is -2.19. The van der Waals surface area contributed by atoms with E-state index in [1.54, 1.807) is 0 Å². The summed E-state index contributed by atoms with van der Waals surface area (Å²) in [7, 11) is 0. The van der Waals surface area contributed by atoms with E-state index < -0.39 is 0 Å². The second kappa shape index (κ2) is 3.12. The lowest BCUT2D eigenvalue weighted by atomic mass is 10.2. The van der Waals surface area contributed by atoms with Gasteiger partial charge in [-0.05, 0) is 6.42 Å². The Kier molecular flexibility index (Phi) is 3.08. The number of hydrogen-bond donors (Lipinski definition) is 1. The van der Waals surface area contributed by atoms with Crippen molar-refractivity contribution >= 4 is 0 Å². The first-order chi connectivity index (χ1) is 2.81. The third-order valence-corrected chi connectivity index (χ3v) is 0.777. The molecule has 0 aromatic heterocycles. The Labute approximate surface area is 38.5 Å². The summed E-state index contributed by atoms with van der Waals surface area (Å²) in [5.74, 6) is 0.